The first kappa shape index (κ1) is 19.4. The number of para-hydroxylation sites is 2. The Hall–Kier alpha value is -2.62. The summed E-state index contributed by atoms with van der Waals surface area (Å²) in [6.07, 6.45) is 1.31. The third-order valence-electron chi connectivity index (χ3n) is 3.26. The Morgan fingerprint density at radius 3 is 1.25 bits per heavy atom. The molecule has 128 valence electrons. The van der Waals surface area contributed by atoms with Crippen molar-refractivity contribution >= 4 is 11.6 Å². The molecule has 0 heterocycles. The lowest BCUT2D eigenvalue weighted by atomic mass is 9.76. The first-order valence-electron chi connectivity index (χ1n) is 7.80. The van der Waals surface area contributed by atoms with Crippen LogP contribution >= 0.6 is 0 Å². The minimum absolute atomic E-state index is 0.0770. The highest BCUT2D eigenvalue weighted by Gasteiger charge is 2.31. The number of benzene rings is 2. The molecular formula is C20H24O4. The van der Waals surface area contributed by atoms with Gasteiger partial charge in [-0.3, -0.25) is 9.59 Å². The van der Waals surface area contributed by atoms with Gasteiger partial charge in [-0.15, -0.1) is 0 Å². The van der Waals surface area contributed by atoms with E-state index in [9.17, 15) is 9.59 Å². The third-order valence-corrected chi connectivity index (χ3v) is 3.26. The van der Waals surface area contributed by atoms with E-state index in [1.54, 1.807) is 48.5 Å². The molecule has 0 unspecified atom stereocenters. The molecule has 2 N–H and O–H groups in total. The molecule has 0 saturated heterocycles. The van der Waals surface area contributed by atoms with Crippen molar-refractivity contribution in [1.29, 1.82) is 0 Å². The molecule has 2 aromatic rings. The van der Waals surface area contributed by atoms with Crippen molar-refractivity contribution in [3.63, 3.8) is 0 Å². The van der Waals surface area contributed by atoms with Gasteiger partial charge in [-0.25, -0.2) is 0 Å². The molecule has 0 atom stereocenters. The number of ketones is 2. The maximum absolute atomic E-state index is 10.9. The van der Waals surface area contributed by atoms with Gasteiger partial charge in [0.25, 0.3) is 0 Å². The van der Waals surface area contributed by atoms with Crippen molar-refractivity contribution in [2.75, 3.05) is 0 Å². The summed E-state index contributed by atoms with van der Waals surface area (Å²) in [5, 5.41) is 17.3. The van der Waals surface area contributed by atoms with Crippen LogP contribution in [0, 0.1) is 5.41 Å². The quantitative estimate of drug-likeness (QED) is 0.713. The summed E-state index contributed by atoms with van der Waals surface area (Å²) in [7, 11) is 0. The molecular weight excluding hydrogens is 304 g/mol. The van der Waals surface area contributed by atoms with Crippen LogP contribution in [0.15, 0.2) is 60.7 Å². The standard InChI is InChI=1S/C8H12O2.2C6H6O/c1-8(2)4-6(9)3-7(10)5-8;2*7-6-4-2-1-3-5-6/h3-5H2,1-2H3;2*1-5,7H. The molecule has 0 bridgehead atoms. The molecule has 0 radical (unpaired) electrons. The summed E-state index contributed by atoms with van der Waals surface area (Å²) in [5.41, 5.74) is -0.0770. The molecule has 0 aromatic heterocycles. The summed E-state index contributed by atoms with van der Waals surface area (Å²) >= 11 is 0. The second-order valence-corrected chi connectivity index (χ2v) is 6.44. The van der Waals surface area contributed by atoms with Gasteiger partial charge in [0.1, 0.15) is 23.1 Å². The highest BCUT2D eigenvalue weighted by atomic mass is 16.3. The van der Waals surface area contributed by atoms with Gasteiger partial charge in [0.15, 0.2) is 0 Å². The molecule has 1 aliphatic carbocycles. The number of phenols is 2. The number of aromatic hydroxyl groups is 2. The zero-order valence-electron chi connectivity index (χ0n) is 14.1. The fraction of sp³-hybridized carbons (Fsp3) is 0.300. The number of carbonyl (C=O) groups is 2. The molecule has 1 aliphatic rings. The number of rotatable bonds is 0. The Bertz CT molecular complexity index is 578. The van der Waals surface area contributed by atoms with E-state index in [0.717, 1.165) is 0 Å². The molecule has 1 fully saturated rings. The van der Waals surface area contributed by atoms with Crippen molar-refractivity contribution in [3.8, 4) is 11.5 Å². The van der Waals surface area contributed by atoms with Crippen molar-refractivity contribution in [1.82, 2.24) is 0 Å². The van der Waals surface area contributed by atoms with Gasteiger partial charge in [0.05, 0.1) is 6.42 Å². The van der Waals surface area contributed by atoms with E-state index < -0.39 is 0 Å². The first-order chi connectivity index (χ1) is 11.3. The van der Waals surface area contributed by atoms with E-state index in [1.165, 1.54) is 0 Å². The number of hydrogen-bond donors (Lipinski definition) is 2. The number of carbonyl (C=O) groups excluding carboxylic acids is 2. The molecule has 0 spiro atoms. The second kappa shape index (κ2) is 9.50. The van der Waals surface area contributed by atoms with E-state index in [-0.39, 0.29) is 23.4 Å². The summed E-state index contributed by atoms with van der Waals surface area (Å²) in [6.45, 7) is 3.92. The molecule has 24 heavy (non-hydrogen) atoms. The highest BCUT2D eigenvalue weighted by Crippen LogP contribution is 2.30. The Morgan fingerprint density at radius 1 is 0.708 bits per heavy atom. The van der Waals surface area contributed by atoms with Crippen LogP contribution in [-0.4, -0.2) is 21.8 Å². The molecule has 3 rings (SSSR count). The van der Waals surface area contributed by atoms with Crippen LogP contribution in [0.1, 0.15) is 33.1 Å². The van der Waals surface area contributed by atoms with Gasteiger partial charge in [-0.05, 0) is 29.7 Å². The van der Waals surface area contributed by atoms with Crippen LogP contribution in [0.2, 0.25) is 0 Å². The average molecular weight is 328 g/mol. The van der Waals surface area contributed by atoms with Crippen molar-refractivity contribution in [2.24, 2.45) is 5.41 Å². The lowest BCUT2D eigenvalue weighted by Crippen LogP contribution is -2.28. The lowest BCUT2D eigenvalue weighted by molar-refractivity contribution is -0.133. The molecule has 4 heteroatoms. The van der Waals surface area contributed by atoms with Gasteiger partial charge in [-0.2, -0.15) is 0 Å². The molecule has 0 aliphatic heterocycles. The zero-order valence-corrected chi connectivity index (χ0v) is 14.1. The number of phenolic OH excluding ortho intramolecular Hbond substituents is 2. The maximum atomic E-state index is 10.9. The lowest BCUT2D eigenvalue weighted by Gasteiger charge is -2.26. The van der Waals surface area contributed by atoms with Crippen LogP contribution < -0.4 is 0 Å². The predicted molar refractivity (Wildman–Crippen MR) is 93.9 cm³/mol. The van der Waals surface area contributed by atoms with E-state index in [2.05, 4.69) is 0 Å². The van der Waals surface area contributed by atoms with Gasteiger partial charge in [-0.1, -0.05) is 50.2 Å². The van der Waals surface area contributed by atoms with Crippen LogP contribution in [0.25, 0.3) is 0 Å². The minimum Gasteiger partial charge on any atom is -0.508 e. The SMILES string of the molecule is CC1(C)CC(=O)CC(=O)C1.Oc1ccccc1.Oc1ccccc1. The third kappa shape index (κ3) is 8.73. The Kier molecular flexibility index (Phi) is 7.69. The second-order valence-electron chi connectivity index (χ2n) is 6.44. The highest BCUT2D eigenvalue weighted by molar-refractivity contribution is 6.01. The van der Waals surface area contributed by atoms with E-state index in [4.69, 9.17) is 10.2 Å². The van der Waals surface area contributed by atoms with E-state index >= 15 is 0 Å². The largest absolute Gasteiger partial charge is 0.508 e. The summed E-state index contributed by atoms with van der Waals surface area (Å²) in [5.74, 6) is 0.840. The summed E-state index contributed by atoms with van der Waals surface area (Å²) < 4.78 is 0. The van der Waals surface area contributed by atoms with Gasteiger partial charge in [0, 0.05) is 12.8 Å². The minimum atomic E-state index is -0.0770. The van der Waals surface area contributed by atoms with Gasteiger partial charge >= 0.3 is 0 Å². The fourth-order valence-corrected chi connectivity index (χ4v) is 2.33. The van der Waals surface area contributed by atoms with Crippen LogP contribution in [0.4, 0.5) is 0 Å². The Balaban J connectivity index is 0.000000185. The summed E-state index contributed by atoms with van der Waals surface area (Å²) in [6, 6.07) is 17.4. The predicted octanol–water partition coefficient (Wildman–Crippen LogP) is 4.12. The Morgan fingerprint density at radius 2 is 1.04 bits per heavy atom. The molecule has 2 aromatic carbocycles. The van der Waals surface area contributed by atoms with E-state index in [1.807, 2.05) is 26.0 Å². The van der Waals surface area contributed by atoms with Crippen molar-refractivity contribution in [3.05, 3.63) is 60.7 Å². The Labute approximate surface area is 142 Å². The van der Waals surface area contributed by atoms with Crippen LogP contribution in [0.5, 0.6) is 11.5 Å². The monoisotopic (exact) mass is 328 g/mol. The molecule has 0 amide bonds. The smallest absolute Gasteiger partial charge is 0.140 e. The number of hydrogen-bond acceptors (Lipinski definition) is 4. The van der Waals surface area contributed by atoms with Crippen molar-refractivity contribution < 1.29 is 19.8 Å². The molecule has 1 saturated carbocycles. The van der Waals surface area contributed by atoms with Gasteiger partial charge in [0.2, 0.25) is 0 Å². The number of Topliss-reactive ketones (excluding diaryl/α,β-unsaturated/α-hetero) is 2. The average Bonchev–Trinajstić information content (AvgIpc) is 2.47. The van der Waals surface area contributed by atoms with Crippen LogP contribution in [0.3, 0.4) is 0 Å². The summed E-state index contributed by atoms with van der Waals surface area (Å²) in [4.78, 5) is 21.7. The zero-order chi connectivity index (χ0) is 18.0. The van der Waals surface area contributed by atoms with Crippen molar-refractivity contribution in [2.45, 2.75) is 33.1 Å². The van der Waals surface area contributed by atoms with E-state index in [0.29, 0.717) is 24.3 Å². The topological polar surface area (TPSA) is 74.6 Å². The maximum Gasteiger partial charge on any atom is 0.140 e. The van der Waals surface area contributed by atoms with Gasteiger partial charge < -0.3 is 10.2 Å². The normalized spacial score (nSPS) is 15.4. The first-order valence-corrected chi connectivity index (χ1v) is 7.80. The molecule has 4 nitrogen and oxygen atoms in total. The van der Waals surface area contributed by atoms with Crippen LogP contribution in [-0.2, 0) is 9.59 Å². The fourth-order valence-electron chi connectivity index (χ4n) is 2.33.